The maximum atomic E-state index is 11.7. The normalized spacial score (nSPS) is 11.8. The summed E-state index contributed by atoms with van der Waals surface area (Å²) < 4.78 is 39.7. The molecule has 0 unspecified atom stereocenters. The van der Waals surface area contributed by atoms with Gasteiger partial charge < -0.3 is 10.5 Å². The predicted molar refractivity (Wildman–Crippen MR) is 58.3 cm³/mol. The molecule has 1 aromatic rings. The summed E-state index contributed by atoms with van der Waals surface area (Å²) >= 11 is 1.21. The van der Waals surface area contributed by atoms with E-state index in [0.717, 1.165) is 10.5 Å². The van der Waals surface area contributed by atoms with Crippen LogP contribution < -0.4 is 5.73 Å². The predicted octanol–water partition coefficient (Wildman–Crippen LogP) is 3.21. The average Bonchev–Trinajstić information content (AvgIpc) is 2.17. The molecule has 0 aliphatic rings. The van der Waals surface area contributed by atoms with Crippen LogP contribution in [0.25, 0.3) is 0 Å². The number of rotatable bonds is 4. The smallest absolute Gasteiger partial charge is 0.399 e. The van der Waals surface area contributed by atoms with Crippen molar-refractivity contribution in [3.05, 3.63) is 23.8 Å². The fourth-order valence-corrected chi connectivity index (χ4v) is 1.73. The molecule has 0 fully saturated rings. The van der Waals surface area contributed by atoms with Crippen molar-refractivity contribution in [3.8, 4) is 0 Å². The highest BCUT2D eigenvalue weighted by molar-refractivity contribution is 7.99. The van der Waals surface area contributed by atoms with Crippen LogP contribution in [-0.2, 0) is 4.74 Å². The molecule has 0 saturated heterocycles. The Labute approximate surface area is 96.0 Å². The fraction of sp³-hybridized carbons (Fsp3) is 0.400. The van der Waals surface area contributed by atoms with Gasteiger partial charge in [-0.15, -0.1) is 0 Å². The van der Waals surface area contributed by atoms with E-state index >= 15 is 0 Å². The number of thioether (sulfide) groups is 1. The van der Waals surface area contributed by atoms with Crippen molar-refractivity contribution in [3.63, 3.8) is 0 Å². The molecule has 0 heterocycles. The number of aryl methyl sites for hydroxylation is 1. The largest absolute Gasteiger partial charge is 0.411 e. The van der Waals surface area contributed by atoms with Gasteiger partial charge in [-0.1, -0.05) is 11.8 Å². The zero-order valence-corrected chi connectivity index (χ0v) is 9.49. The third kappa shape index (κ3) is 4.76. The third-order valence-corrected chi connectivity index (χ3v) is 2.69. The average molecular weight is 251 g/mol. The summed E-state index contributed by atoms with van der Waals surface area (Å²) in [5, 5.41) is 0. The van der Waals surface area contributed by atoms with Gasteiger partial charge in [-0.25, -0.2) is 0 Å². The highest BCUT2D eigenvalue weighted by Gasteiger charge is 2.27. The number of anilines is 1. The van der Waals surface area contributed by atoms with Gasteiger partial charge in [0.15, 0.2) is 0 Å². The Kier molecular flexibility index (Phi) is 4.49. The molecule has 0 aromatic heterocycles. The zero-order valence-electron chi connectivity index (χ0n) is 8.67. The second-order valence-corrected chi connectivity index (χ2v) is 4.24. The van der Waals surface area contributed by atoms with E-state index in [1.807, 2.05) is 13.0 Å². The molecule has 6 heteroatoms. The number of hydrogen-bond acceptors (Lipinski definition) is 3. The van der Waals surface area contributed by atoms with Crippen molar-refractivity contribution in [2.75, 3.05) is 18.3 Å². The molecule has 0 amide bonds. The van der Waals surface area contributed by atoms with Gasteiger partial charge in [0.2, 0.25) is 0 Å². The second kappa shape index (κ2) is 5.45. The first kappa shape index (κ1) is 13.2. The molecule has 2 nitrogen and oxygen atoms in total. The van der Waals surface area contributed by atoms with E-state index in [9.17, 15) is 13.2 Å². The van der Waals surface area contributed by atoms with Crippen LogP contribution in [0.4, 0.5) is 18.9 Å². The molecule has 0 spiro atoms. The lowest BCUT2D eigenvalue weighted by Crippen LogP contribution is -2.16. The maximum Gasteiger partial charge on any atom is 0.411 e. The molecule has 16 heavy (non-hydrogen) atoms. The Hall–Kier alpha value is -0.880. The summed E-state index contributed by atoms with van der Waals surface area (Å²) in [6.45, 7) is 0.629. The van der Waals surface area contributed by atoms with Gasteiger partial charge in [-0.05, 0) is 30.7 Å². The molecular formula is C10H12F3NOS. The first-order valence-electron chi connectivity index (χ1n) is 4.52. The maximum absolute atomic E-state index is 11.7. The van der Waals surface area contributed by atoms with E-state index in [4.69, 9.17) is 5.73 Å². The summed E-state index contributed by atoms with van der Waals surface area (Å²) in [4.78, 5) is 0.842. The summed E-state index contributed by atoms with van der Waals surface area (Å²) in [7, 11) is 0. The number of nitrogens with two attached hydrogens (primary N) is 1. The van der Waals surface area contributed by atoms with Gasteiger partial charge in [0.1, 0.15) is 6.61 Å². The number of alkyl halides is 3. The lowest BCUT2D eigenvalue weighted by atomic mass is 10.2. The molecule has 1 aromatic carbocycles. The number of halogens is 3. The summed E-state index contributed by atoms with van der Waals surface area (Å²) in [5.41, 5.74) is 7.18. The number of hydrogen-bond donors (Lipinski definition) is 1. The van der Waals surface area contributed by atoms with E-state index in [0.29, 0.717) is 5.69 Å². The summed E-state index contributed by atoms with van der Waals surface area (Å²) in [6.07, 6.45) is -4.27. The molecule has 0 radical (unpaired) electrons. The van der Waals surface area contributed by atoms with Crippen molar-refractivity contribution in [1.29, 1.82) is 0 Å². The van der Waals surface area contributed by atoms with E-state index < -0.39 is 12.8 Å². The summed E-state index contributed by atoms with van der Waals surface area (Å²) in [6, 6.07) is 5.29. The SMILES string of the molecule is Cc1cc(SCOCC(F)(F)F)ccc1N. The third-order valence-electron chi connectivity index (χ3n) is 1.82. The Bertz CT molecular complexity index is 354. The van der Waals surface area contributed by atoms with Crippen LogP contribution in [0.1, 0.15) is 5.56 Å². The highest BCUT2D eigenvalue weighted by atomic mass is 32.2. The lowest BCUT2D eigenvalue weighted by molar-refractivity contribution is -0.168. The van der Waals surface area contributed by atoms with Crippen molar-refractivity contribution >= 4 is 17.4 Å². The van der Waals surface area contributed by atoms with Crippen molar-refractivity contribution in [2.24, 2.45) is 0 Å². The van der Waals surface area contributed by atoms with Gasteiger partial charge in [0.25, 0.3) is 0 Å². The number of benzene rings is 1. The highest BCUT2D eigenvalue weighted by Crippen LogP contribution is 2.23. The van der Waals surface area contributed by atoms with E-state index in [1.54, 1.807) is 12.1 Å². The van der Waals surface area contributed by atoms with Crippen LogP contribution in [-0.4, -0.2) is 18.7 Å². The monoisotopic (exact) mass is 251 g/mol. The molecule has 1 rings (SSSR count). The van der Waals surface area contributed by atoms with E-state index in [-0.39, 0.29) is 5.94 Å². The van der Waals surface area contributed by atoms with E-state index in [2.05, 4.69) is 4.74 Å². The van der Waals surface area contributed by atoms with Gasteiger partial charge in [0, 0.05) is 10.6 Å². The van der Waals surface area contributed by atoms with Crippen LogP contribution in [0, 0.1) is 6.92 Å². The first-order chi connectivity index (χ1) is 7.38. The molecule has 0 saturated carbocycles. The minimum Gasteiger partial charge on any atom is -0.399 e. The van der Waals surface area contributed by atoms with Crippen LogP contribution in [0.5, 0.6) is 0 Å². The van der Waals surface area contributed by atoms with Gasteiger partial charge >= 0.3 is 6.18 Å². The quantitative estimate of drug-likeness (QED) is 0.386. The molecule has 0 bridgehead atoms. The molecule has 0 aliphatic heterocycles. The van der Waals surface area contributed by atoms with E-state index in [1.165, 1.54) is 11.8 Å². The fourth-order valence-electron chi connectivity index (χ4n) is 1.01. The molecule has 2 N–H and O–H groups in total. The second-order valence-electron chi connectivity index (χ2n) is 3.24. The van der Waals surface area contributed by atoms with Crippen LogP contribution in [0.3, 0.4) is 0 Å². The Morgan fingerprint density at radius 2 is 2.06 bits per heavy atom. The molecule has 0 aliphatic carbocycles. The number of ether oxygens (including phenoxy) is 1. The van der Waals surface area contributed by atoms with Crippen LogP contribution in [0.15, 0.2) is 23.1 Å². The van der Waals surface area contributed by atoms with Gasteiger partial charge in [0.05, 0.1) is 5.94 Å². The van der Waals surface area contributed by atoms with Crippen molar-refractivity contribution < 1.29 is 17.9 Å². The minimum absolute atomic E-state index is 0.0249. The number of nitrogen functional groups attached to an aromatic ring is 1. The molecule has 90 valence electrons. The van der Waals surface area contributed by atoms with Gasteiger partial charge in [-0.3, -0.25) is 0 Å². The lowest BCUT2D eigenvalue weighted by Gasteiger charge is -2.08. The Morgan fingerprint density at radius 1 is 1.38 bits per heavy atom. The van der Waals surface area contributed by atoms with Crippen molar-refractivity contribution in [1.82, 2.24) is 0 Å². The molecular weight excluding hydrogens is 239 g/mol. The van der Waals surface area contributed by atoms with Gasteiger partial charge in [-0.2, -0.15) is 13.2 Å². The summed E-state index contributed by atoms with van der Waals surface area (Å²) in [5.74, 6) is -0.0249. The Balaban J connectivity index is 2.35. The molecule has 0 atom stereocenters. The topological polar surface area (TPSA) is 35.2 Å². The van der Waals surface area contributed by atoms with Crippen molar-refractivity contribution in [2.45, 2.75) is 18.0 Å². The first-order valence-corrected chi connectivity index (χ1v) is 5.50. The van der Waals surface area contributed by atoms with Crippen LogP contribution in [0.2, 0.25) is 0 Å². The Morgan fingerprint density at radius 3 is 2.62 bits per heavy atom. The zero-order chi connectivity index (χ0) is 12.2. The standard InChI is InChI=1S/C10H12F3NOS/c1-7-4-8(2-3-9(7)14)16-6-15-5-10(11,12)13/h2-4H,5-6,14H2,1H3. The minimum atomic E-state index is -4.27. The van der Waals surface area contributed by atoms with Crippen LogP contribution >= 0.6 is 11.8 Å².